The summed E-state index contributed by atoms with van der Waals surface area (Å²) >= 11 is 7.07. The summed E-state index contributed by atoms with van der Waals surface area (Å²) in [5, 5.41) is 0. The largest absolute Gasteiger partial charge is 0.487 e. The number of benzene rings is 4. The third-order valence-electron chi connectivity index (χ3n) is 4.50. The molecule has 0 saturated heterocycles. The fraction of sp³-hybridized carbons (Fsp3) is 0.0385. The van der Waals surface area contributed by atoms with Crippen LogP contribution in [-0.4, -0.2) is 6.21 Å². The van der Waals surface area contributed by atoms with Crippen LogP contribution in [0.15, 0.2) is 105 Å². The molecular weight excluding hydrogens is 537 g/mol. The molecule has 4 aromatic carbocycles. The lowest BCUT2D eigenvalue weighted by molar-refractivity contribution is 0.303. The molecule has 0 bridgehead atoms. The van der Waals surface area contributed by atoms with Crippen molar-refractivity contribution in [2.45, 2.75) is 6.61 Å². The van der Waals surface area contributed by atoms with Crippen molar-refractivity contribution >= 4 is 43.8 Å². The van der Waals surface area contributed by atoms with Crippen LogP contribution in [0.2, 0.25) is 0 Å². The first kappa shape index (κ1) is 22.2. The molecule has 0 heterocycles. The van der Waals surface area contributed by atoms with E-state index in [4.69, 9.17) is 9.47 Å². The van der Waals surface area contributed by atoms with Crippen LogP contribution >= 0.6 is 31.9 Å². The Hall–Kier alpha value is -2.96. The number of hydrogen-bond donors (Lipinski definition) is 0. The lowest BCUT2D eigenvalue weighted by atomic mass is 10.2. The van der Waals surface area contributed by atoms with E-state index in [2.05, 4.69) is 36.9 Å². The minimum Gasteiger partial charge on any atom is -0.487 e. The molecular formula is C26H18Br2FNO2. The van der Waals surface area contributed by atoms with Crippen LogP contribution in [-0.2, 0) is 6.61 Å². The Kier molecular flexibility index (Phi) is 7.35. The first-order chi connectivity index (χ1) is 15.6. The van der Waals surface area contributed by atoms with E-state index in [1.54, 1.807) is 18.3 Å². The summed E-state index contributed by atoms with van der Waals surface area (Å²) in [5.74, 6) is 1.91. The summed E-state index contributed by atoms with van der Waals surface area (Å²) in [5.41, 5.74) is 2.46. The summed E-state index contributed by atoms with van der Waals surface area (Å²) in [6.07, 6.45) is 1.75. The number of hydrogen-bond acceptors (Lipinski definition) is 3. The Morgan fingerprint density at radius 1 is 0.812 bits per heavy atom. The number of rotatable bonds is 7. The van der Waals surface area contributed by atoms with Gasteiger partial charge in [0.05, 0.1) is 10.2 Å². The SMILES string of the molecule is Fc1ccc(COc2c(Br)cc(Br)cc2C=Nc2ccc(Oc3ccccc3)cc2)cc1. The van der Waals surface area contributed by atoms with Crippen molar-refractivity contribution < 1.29 is 13.9 Å². The van der Waals surface area contributed by atoms with Crippen molar-refractivity contribution in [3.63, 3.8) is 0 Å². The van der Waals surface area contributed by atoms with Crippen LogP contribution in [0.25, 0.3) is 0 Å². The Bertz CT molecular complexity index is 1210. The number of nitrogens with zero attached hydrogens (tertiary/aromatic N) is 1. The topological polar surface area (TPSA) is 30.8 Å². The maximum atomic E-state index is 13.1. The molecule has 0 aliphatic heterocycles. The molecule has 0 amide bonds. The second-order valence-corrected chi connectivity index (χ2v) is 8.66. The van der Waals surface area contributed by atoms with Crippen LogP contribution in [0.4, 0.5) is 10.1 Å². The molecule has 32 heavy (non-hydrogen) atoms. The van der Waals surface area contributed by atoms with Crippen molar-refractivity contribution in [3.05, 3.63) is 117 Å². The van der Waals surface area contributed by atoms with Gasteiger partial charge in [0.2, 0.25) is 0 Å². The summed E-state index contributed by atoms with van der Waals surface area (Å²) < 4.78 is 26.7. The van der Waals surface area contributed by atoms with Crippen LogP contribution < -0.4 is 9.47 Å². The second-order valence-electron chi connectivity index (χ2n) is 6.89. The van der Waals surface area contributed by atoms with Gasteiger partial charge in [0.25, 0.3) is 0 Å². The highest BCUT2D eigenvalue weighted by Crippen LogP contribution is 2.33. The molecule has 0 unspecified atom stereocenters. The Balaban J connectivity index is 1.49. The molecule has 0 spiro atoms. The quantitative estimate of drug-likeness (QED) is 0.214. The van der Waals surface area contributed by atoms with Gasteiger partial charge in [-0.3, -0.25) is 4.99 Å². The molecule has 6 heteroatoms. The molecule has 0 atom stereocenters. The highest BCUT2D eigenvalue weighted by molar-refractivity contribution is 9.11. The van der Waals surface area contributed by atoms with E-state index in [-0.39, 0.29) is 5.82 Å². The minimum absolute atomic E-state index is 0.272. The first-order valence-corrected chi connectivity index (χ1v) is 11.4. The highest BCUT2D eigenvalue weighted by Gasteiger charge is 2.10. The van der Waals surface area contributed by atoms with Gasteiger partial charge < -0.3 is 9.47 Å². The van der Waals surface area contributed by atoms with E-state index in [0.29, 0.717) is 12.4 Å². The predicted molar refractivity (Wildman–Crippen MR) is 133 cm³/mol. The number of halogens is 3. The number of ether oxygens (including phenoxy) is 2. The Morgan fingerprint density at radius 2 is 1.50 bits per heavy atom. The highest BCUT2D eigenvalue weighted by atomic mass is 79.9. The molecule has 0 saturated carbocycles. The van der Waals surface area contributed by atoms with Gasteiger partial charge in [0.1, 0.15) is 29.7 Å². The van der Waals surface area contributed by atoms with E-state index in [9.17, 15) is 4.39 Å². The molecule has 160 valence electrons. The van der Waals surface area contributed by atoms with E-state index >= 15 is 0 Å². The van der Waals surface area contributed by atoms with Crippen molar-refractivity contribution in [1.82, 2.24) is 0 Å². The monoisotopic (exact) mass is 553 g/mol. The fourth-order valence-corrected chi connectivity index (χ4v) is 4.31. The van der Waals surface area contributed by atoms with Gasteiger partial charge in [0.15, 0.2) is 0 Å². The van der Waals surface area contributed by atoms with Gasteiger partial charge in [-0.15, -0.1) is 0 Å². The van der Waals surface area contributed by atoms with Crippen molar-refractivity contribution in [2.24, 2.45) is 4.99 Å². The molecule has 0 aromatic heterocycles. The van der Waals surface area contributed by atoms with Crippen molar-refractivity contribution in [3.8, 4) is 17.2 Å². The van der Waals surface area contributed by atoms with Crippen molar-refractivity contribution in [1.29, 1.82) is 0 Å². The normalized spacial score (nSPS) is 11.0. The molecule has 0 radical (unpaired) electrons. The third-order valence-corrected chi connectivity index (χ3v) is 5.55. The average molecular weight is 555 g/mol. The smallest absolute Gasteiger partial charge is 0.142 e. The van der Waals surface area contributed by atoms with Crippen LogP contribution in [0, 0.1) is 5.82 Å². The first-order valence-electron chi connectivity index (χ1n) is 9.80. The summed E-state index contributed by atoms with van der Waals surface area (Å²) in [6, 6.07) is 27.2. The third kappa shape index (κ3) is 6.05. The standard InChI is InChI=1S/C26H18Br2FNO2/c27-20-14-19(26(25(28)15-20)31-17-18-6-8-21(29)9-7-18)16-30-22-10-12-24(13-11-22)32-23-4-2-1-3-5-23/h1-16H,17H2. The lowest BCUT2D eigenvalue weighted by Gasteiger charge is -2.12. The summed E-state index contributed by atoms with van der Waals surface area (Å²) in [4.78, 5) is 4.58. The van der Waals surface area contributed by atoms with Crippen LogP contribution in [0.5, 0.6) is 17.2 Å². The molecule has 4 aromatic rings. The maximum Gasteiger partial charge on any atom is 0.142 e. The van der Waals surface area contributed by atoms with Gasteiger partial charge in [0, 0.05) is 16.3 Å². The zero-order valence-electron chi connectivity index (χ0n) is 16.8. The molecule has 4 rings (SSSR count). The Labute approximate surface area is 202 Å². The molecule has 0 aliphatic rings. The van der Waals surface area contributed by atoms with Crippen LogP contribution in [0.1, 0.15) is 11.1 Å². The van der Waals surface area contributed by atoms with E-state index in [1.165, 1.54) is 12.1 Å². The van der Waals surface area contributed by atoms with Gasteiger partial charge in [-0.25, -0.2) is 4.39 Å². The number of aliphatic imine (C=N–C) groups is 1. The lowest BCUT2D eigenvalue weighted by Crippen LogP contribution is -2.00. The maximum absolute atomic E-state index is 13.1. The molecule has 0 fully saturated rings. The van der Waals surface area contributed by atoms with E-state index < -0.39 is 0 Å². The van der Waals surface area contributed by atoms with Crippen LogP contribution in [0.3, 0.4) is 0 Å². The van der Waals surface area contributed by atoms with Gasteiger partial charge in [-0.1, -0.05) is 46.3 Å². The van der Waals surface area contributed by atoms with Gasteiger partial charge in [-0.2, -0.15) is 0 Å². The van der Waals surface area contributed by atoms with Gasteiger partial charge in [-0.05, 0) is 82.2 Å². The zero-order chi connectivity index (χ0) is 22.3. The zero-order valence-corrected chi connectivity index (χ0v) is 20.0. The second kappa shape index (κ2) is 10.6. The molecule has 0 N–H and O–H groups in total. The predicted octanol–water partition coefficient (Wildman–Crippen LogP) is 8.47. The van der Waals surface area contributed by atoms with Gasteiger partial charge >= 0.3 is 0 Å². The fourth-order valence-electron chi connectivity index (χ4n) is 2.93. The number of para-hydroxylation sites is 1. The summed E-state index contributed by atoms with van der Waals surface area (Å²) in [6.45, 7) is 0.312. The summed E-state index contributed by atoms with van der Waals surface area (Å²) in [7, 11) is 0. The molecule has 0 aliphatic carbocycles. The van der Waals surface area contributed by atoms with Crippen molar-refractivity contribution in [2.75, 3.05) is 0 Å². The van der Waals surface area contributed by atoms with E-state index in [1.807, 2.05) is 66.7 Å². The van der Waals surface area contributed by atoms with E-state index in [0.717, 1.165) is 37.3 Å². The average Bonchev–Trinajstić information content (AvgIpc) is 2.80. The minimum atomic E-state index is -0.272. The Morgan fingerprint density at radius 3 is 2.22 bits per heavy atom. The molecule has 3 nitrogen and oxygen atoms in total.